The number of carbonyl (C=O) groups is 2. The van der Waals surface area contributed by atoms with Crippen molar-refractivity contribution in [2.75, 3.05) is 6.54 Å². The van der Waals surface area contributed by atoms with Gasteiger partial charge in [-0.05, 0) is 56.0 Å². The fourth-order valence-corrected chi connectivity index (χ4v) is 3.68. The molecule has 6 heteroatoms. The van der Waals surface area contributed by atoms with Crippen LogP contribution in [0.25, 0.3) is 0 Å². The molecular formula is C24H30Cl2N2O2. The summed E-state index contributed by atoms with van der Waals surface area (Å²) in [6, 6.07) is 10.6. The van der Waals surface area contributed by atoms with Crippen LogP contribution in [0.15, 0.2) is 36.4 Å². The standard InChI is InChI=1S/C24H30Cl2N2O2/c1-5-6-12-27-24(30)18(4)28(15-20-21(25)8-7-9-22(20)26)23(29)14-19-11-10-16(2)17(3)13-19/h7-11,13,18H,5-6,12,14-15H2,1-4H3,(H,27,30)/t18-/m1/s1. The molecule has 0 aliphatic heterocycles. The summed E-state index contributed by atoms with van der Waals surface area (Å²) >= 11 is 12.7. The van der Waals surface area contributed by atoms with Crippen LogP contribution in [-0.4, -0.2) is 29.3 Å². The van der Waals surface area contributed by atoms with Crippen molar-refractivity contribution in [3.05, 3.63) is 68.7 Å². The van der Waals surface area contributed by atoms with Crippen molar-refractivity contribution < 1.29 is 9.59 Å². The van der Waals surface area contributed by atoms with Gasteiger partial charge in [0, 0.05) is 28.7 Å². The van der Waals surface area contributed by atoms with Gasteiger partial charge in [0.1, 0.15) is 6.04 Å². The molecule has 0 saturated carbocycles. The minimum atomic E-state index is -0.645. The van der Waals surface area contributed by atoms with Gasteiger partial charge in [-0.3, -0.25) is 9.59 Å². The monoisotopic (exact) mass is 448 g/mol. The van der Waals surface area contributed by atoms with Crippen LogP contribution < -0.4 is 5.32 Å². The van der Waals surface area contributed by atoms with E-state index in [1.165, 1.54) is 5.56 Å². The number of hydrogen-bond donors (Lipinski definition) is 1. The smallest absolute Gasteiger partial charge is 0.242 e. The van der Waals surface area contributed by atoms with Crippen LogP contribution in [0.1, 0.15) is 48.9 Å². The summed E-state index contributed by atoms with van der Waals surface area (Å²) in [6.45, 7) is 8.62. The molecule has 0 spiro atoms. The summed E-state index contributed by atoms with van der Waals surface area (Å²) in [5.41, 5.74) is 3.86. The number of unbranched alkanes of at least 4 members (excludes halogenated alkanes) is 1. The van der Waals surface area contributed by atoms with Crippen LogP contribution in [0.3, 0.4) is 0 Å². The average Bonchev–Trinajstić information content (AvgIpc) is 2.70. The highest BCUT2D eigenvalue weighted by atomic mass is 35.5. The van der Waals surface area contributed by atoms with Gasteiger partial charge in [-0.2, -0.15) is 0 Å². The molecule has 0 unspecified atom stereocenters. The SMILES string of the molecule is CCCCNC(=O)[C@@H](C)N(Cc1c(Cl)cccc1Cl)C(=O)Cc1ccc(C)c(C)c1. The second kappa shape index (κ2) is 11.4. The van der Waals surface area contributed by atoms with Crippen LogP contribution in [0.2, 0.25) is 10.0 Å². The van der Waals surface area contributed by atoms with E-state index in [2.05, 4.69) is 12.2 Å². The number of carbonyl (C=O) groups excluding carboxylic acids is 2. The third-order valence-electron chi connectivity index (χ3n) is 5.31. The lowest BCUT2D eigenvalue weighted by Gasteiger charge is -2.29. The molecule has 0 aliphatic rings. The highest BCUT2D eigenvalue weighted by molar-refractivity contribution is 6.36. The molecule has 0 bridgehead atoms. The Morgan fingerprint density at radius 2 is 1.73 bits per heavy atom. The molecule has 2 aromatic carbocycles. The summed E-state index contributed by atoms with van der Waals surface area (Å²) < 4.78 is 0. The second-order valence-corrected chi connectivity index (χ2v) is 8.45. The number of hydrogen-bond acceptors (Lipinski definition) is 2. The maximum Gasteiger partial charge on any atom is 0.242 e. The highest BCUT2D eigenvalue weighted by Gasteiger charge is 2.27. The van der Waals surface area contributed by atoms with Crippen molar-refractivity contribution in [2.24, 2.45) is 0 Å². The van der Waals surface area contributed by atoms with Crippen molar-refractivity contribution in [1.82, 2.24) is 10.2 Å². The topological polar surface area (TPSA) is 49.4 Å². The van der Waals surface area contributed by atoms with E-state index < -0.39 is 6.04 Å². The lowest BCUT2D eigenvalue weighted by molar-refractivity contribution is -0.140. The Hall–Kier alpha value is -2.04. The van der Waals surface area contributed by atoms with Gasteiger partial charge in [-0.25, -0.2) is 0 Å². The largest absolute Gasteiger partial charge is 0.354 e. The molecule has 30 heavy (non-hydrogen) atoms. The Balaban J connectivity index is 2.28. The molecule has 0 radical (unpaired) electrons. The van der Waals surface area contributed by atoms with Crippen molar-refractivity contribution in [2.45, 2.75) is 59.5 Å². The summed E-state index contributed by atoms with van der Waals surface area (Å²) in [6.07, 6.45) is 2.08. The molecule has 0 fully saturated rings. The van der Waals surface area contributed by atoms with Gasteiger partial charge in [0.05, 0.1) is 6.42 Å². The van der Waals surface area contributed by atoms with Crippen LogP contribution in [0, 0.1) is 13.8 Å². The Labute approximate surface area is 189 Å². The van der Waals surface area contributed by atoms with Gasteiger partial charge in [0.25, 0.3) is 0 Å². The second-order valence-electron chi connectivity index (χ2n) is 7.64. The van der Waals surface area contributed by atoms with Crippen LogP contribution >= 0.6 is 23.2 Å². The first kappa shape index (κ1) is 24.2. The maximum absolute atomic E-state index is 13.3. The van der Waals surface area contributed by atoms with E-state index in [0.717, 1.165) is 24.0 Å². The highest BCUT2D eigenvalue weighted by Crippen LogP contribution is 2.27. The Morgan fingerprint density at radius 1 is 1.07 bits per heavy atom. The minimum absolute atomic E-state index is 0.146. The predicted molar refractivity (Wildman–Crippen MR) is 124 cm³/mol. The van der Waals surface area contributed by atoms with Gasteiger partial charge < -0.3 is 10.2 Å². The van der Waals surface area contributed by atoms with E-state index in [9.17, 15) is 9.59 Å². The fourth-order valence-electron chi connectivity index (χ4n) is 3.16. The van der Waals surface area contributed by atoms with Crippen molar-refractivity contribution in [3.63, 3.8) is 0 Å². The number of halogens is 2. The number of rotatable bonds is 9. The third kappa shape index (κ3) is 6.48. The quantitative estimate of drug-likeness (QED) is 0.515. The molecule has 0 aliphatic carbocycles. The van der Waals surface area contributed by atoms with E-state index in [1.54, 1.807) is 30.0 Å². The molecule has 2 rings (SSSR count). The van der Waals surface area contributed by atoms with E-state index >= 15 is 0 Å². The van der Waals surface area contributed by atoms with Crippen LogP contribution in [0.5, 0.6) is 0 Å². The number of nitrogens with zero attached hydrogens (tertiary/aromatic N) is 1. The lowest BCUT2D eigenvalue weighted by Crippen LogP contribution is -2.48. The Bertz CT molecular complexity index is 879. The molecule has 2 aromatic rings. The van der Waals surface area contributed by atoms with E-state index in [-0.39, 0.29) is 24.8 Å². The normalized spacial score (nSPS) is 11.8. The fraction of sp³-hybridized carbons (Fsp3) is 0.417. The number of amides is 2. The Morgan fingerprint density at radius 3 is 2.33 bits per heavy atom. The van der Waals surface area contributed by atoms with E-state index in [1.807, 2.05) is 32.0 Å². The molecule has 4 nitrogen and oxygen atoms in total. The molecule has 2 amide bonds. The van der Waals surface area contributed by atoms with Crippen LogP contribution in [-0.2, 0) is 22.6 Å². The molecule has 0 aromatic heterocycles. The summed E-state index contributed by atoms with van der Waals surface area (Å²) in [5.74, 6) is -0.326. The average molecular weight is 449 g/mol. The zero-order valence-corrected chi connectivity index (χ0v) is 19.6. The van der Waals surface area contributed by atoms with Gasteiger partial charge >= 0.3 is 0 Å². The molecule has 1 atom stereocenters. The summed E-state index contributed by atoms with van der Waals surface area (Å²) in [5, 5.41) is 3.87. The van der Waals surface area contributed by atoms with Gasteiger partial charge in [-0.1, -0.05) is 60.8 Å². The summed E-state index contributed by atoms with van der Waals surface area (Å²) in [7, 11) is 0. The molecular weight excluding hydrogens is 419 g/mol. The first-order valence-electron chi connectivity index (χ1n) is 10.3. The molecule has 0 saturated heterocycles. The Kier molecular flexibility index (Phi) is 9.19. The van der Waals surface area contributed by atoms with Gasteiger partial charge in [0.15, 0.2) is 0 Å². The van der Waals surface area contributed by atoms with Gasteiger partial charge in [0.2, 0.25) is 11.8 Å². The first-order valence-corrected chi connectivity index (χ1v) is 11.1. The maximum atomic E-state index is 13.3. The minimum Gasteiger partial charge on any atom is -0.354 e. The first-order chi connectivity index (χ1) is 14.2. The van der Waals surface area contributed by atoms with E-state index in [4.69, 9.17) is 23.2 Å². The number of nitrogens with one attached hydrogen (secondary N) is 1. The lowest BCUT2D eigenvalue weighted by atomic mass is 10.0. The summed E-state index contributed by atoms with van der Waals surface area (Å²) in [4.78, 5) is 27.5. The third-order valence-corrected chi connectivity index (χ3v) is 6.02. The predicted octanol–water partition coefficient (Wildman–Crippen LogP) is 5.49. The number of aryl methyl sites for hydroxylation is 2. The molecule has 0 heterocycles. The zero-order valence-electron chi connectivity index (χ0n) is 18.1. The zero-order chi connectivity index (χ0) is 22.3. The van der Waals surface area contributed by atoms with Gasteiger partial charge in [-0.15, -0.1) is 0 Å². The van der Waals surface area contributed by atoms with Crippen molar-refractivity contribution >= 4 is 35.0 Å². The van der Waals surface area contributed by atoms with Crippen LogP contribution in [0.4, 0.5) is 0 Å². The molecule has 1 N–H and O–H groups in total. The number of benzene rings is 2. The van der Waals surface area contributed by atoms with E-state index in [0.29, 0.717) is 22.2 Å². The van der Waals surface area contributed by atoms with Crippen molar-refractivity contribution in [1.29, 1.82) is 0 Å². The molecule has 162 valence electrons. The van der Waals surface area contributed by atoms with Crippen molar-refractivity contribution in [3.8, 4) is 0 Å².